The second-order valence-electron chi connectivity index (χ2n) is 3.02. The van der Waals surface area contributed by atoms with Gasteiger partial charge in [-0.1, -0.05) is 13.8 Å². The summed E-state index contributed by atoms with van der Waals surface area (Å²) in [6.07, 6.45) is 3.90. The highest BCUT2D eigenvalue weighted by molar-refractivity contribution is 8.38. The molecule has 0 saturated heterocycles. The molecule has 14 heavy (non-hydrogen) atoms. The van der Waals surface area contributed by atoms with Gasteiger partial charge in [-0.3, -0.25) is 4.99 Å². The lowest BCUT2D eigenvalue weighted by molar-refractivity contribution is -0.143. The summed E-state index contributed by atoms with van der Waals surface area (Å²) in [5, 5.41) is 0. The molecule has 0 amide bonds. The Bertz CT molecular complexity index is 211. The number of hydrogen-bond acceptors (Lipinski definition) is 5. The molecule has 82 valence electrons. The molecule has 0 aromatic heterocycles. The van der Waals surface area contributed by atoms with E-state index in [1.54, 1.807) is 23.5 Å². The highest BCUT2D eigenvalue weighted by atomic mass is 32.2. The first-order valence-corrected chi connectivity index (χ1v) is 6.75. The summed E-state index contributed by atoms with van der Waals surface area (Å²) < 4.78 is 5.61. The predicted molar refractivity (Wildman–Crippen MR) is 65.1 cm³/mol. The van der Waals surface area contributed by atoms with Gasteiger partial charge in [-0.05, 0) is 18.4 Å². The molecular weight excluding hydrogens is 218 g/mol. The summed E-state index contributed by atoms with van der Waals surface area (Å²) in [6, 6.07) is -0.380. The van der Waals surface area contributed by atoms with Crippen molar-refractivity contribution in [3.8, 4) is 0 Å². The predicted octanol–water partition coefficient (Wildman–Crippen LogP) is 2.27. The molecule has 0 bridgehead atoms. The van der Waals surface area contributed by atoms with Gasteiger partial charge < -0.3 is 4.74 Å². The largest absolute Gasteiger partial charge is 0.467 e. The Labute approximate surface area is 94.1 Å². The Morgan fingerprint density at radius 3 is 2.07 bits per heavy atom. The number of methoxy groups -OCH3 is 1. The van der Waals surface area contributed by atoms with Crippen LogP contribution in [-0.4, -0.2) is 36.0 Å². The lowest BCUT2D eigenvalue weighted by Gasteiger charge is -2.14. The number of carbonyl (C=O) groups excluding carboxylic acids is 1. The van der Waals surface area contributed by atoms with E-state index in [1.165, 1.54) is 7.11 Å². The maximum Gasteiger partial charge on any atom is 0.330 e. The van der Waals surface area contributed by atoms with E-state index >= 15 is 0 Å². The Kier molecular flexibility index (Phi) is 7.09. The average molecular weight is 235 g/mol. The first-order valence-electron chi connectivity index (χ1n) is 4.30. The van der Waals surface area contributed by atoms with Gasteiger partial charge in [-0.15, -0.1) is 23.5 Å². The van der Waals surface area contributed by atoms with Gasteiger partial charge in [0.05, 0.1) is 7.11 Å². The minimum absolute atomic E-state index is 0.164. The van der Waals surface area contributed by atoms with E-state index in [0.717, 1.165) is 4.38 Å². The van der Waals surface area contributed by atoms with Crippen molar-refractivity contribution in [2.45, 2.75) is 19.9 Å². The normalized spacial score (nSPS) is 12.4. The second-order valence-corrected chi connectivity index (χ2v) is 4.86. The van der Waals surface area contributed by atoms with Crippen molar-refractivity contribution >= 4 is 33.9 Å². The van der Waals surface area contributed by atoms with Crippen molar-refractivity contribution in [2.75, 3.05) is 19.6 Å². The van der Waals surface area contributed by atoms with Gasteiger partial charge in [-0.25, -0.2) is 4.79 Å². The zero-order valence-electron chi connectivity index (χ0n) is 9.23. The Balaban J connectivity index is 4.66. The van der Waals surface area contributed by atoms with E-state index in [0.29, 0.717) is 0 Å². The summed E-state index contributed by atoms with van der Waals surface area (Å²) >= 11 is 3.10. The molecule has 0 unspecified atom stereocenters. The van der Waals surface area contributed by atoms with Crippen LogP contribution in [-0.2, 0) is 9.53 Å². The van der Waals surface area contributed by atoms with E-state index < -0.39 is 0 Å². The first-order chi connectivity index (χ1) is 6.56. The number of thioether (sulfide) groups is 2. The Morgan fingerprint density at radius 1 is 1.29 bits per heavy atom. The lowest BCUT2D eigenvalue weighted by Crippen LogP contribution is -2.26. The smallest absolute Gasteiger partial charge is 0.330 e. The minimum Gasteiger partial charge on any atom is -0.467 e. The van der Waals surface area contributed by atoms with Crippen LogP contribution >= 0.6 is 23.5 Å². The van der Waals surface area contributed by atoms with Crippen LogP contribution in [0.5, 0.6) is 0 Å². The number of carbonyl (C=O) groups is 1. The van der Waals surface area contributed by atoms with E-state index in [1.807, 2.05) is 26.4 Å². The number of esters is 1. The Morgan fingerprint density at radius 2 is 1.79 bits per heavy atom. The molecule has 1 atom stereocenters. The van der Waals surface area contributed by atoms with Crippen LogP contribution in [0.3, 0.4) is 0 Å². The molecule has 0 N–H and O–H groups in total. The highest BCUT2D eigenvalue weighted by Crippen LogP contribution is 2.16. The van der Waals surface area contributed by atoms with Gasteiger partial charge >= 0.3 is 5.97 Å². The van der Waals surface area contributed by atoms with Gasteiger partial charge in [0.15, 0.2) is 6.04 Å². The monoisotopic (exact) mass is 235 g/mol. The standard InChI is InChI=1S/C9H17NO2S2/c1-6(2)7(8(11)12-3)10-9(13-4)14-5/h6-7H,1-5H3/t7-/m0/s1. The third kappa shape index (κ3) is 4.37. The number of aliphatic imine (C=N–C) groups is 1. The van der Waals surface area contributed by atoms with Crippen LogP contribution in [0.4, 0.5) is 0 Å². The minimum atomic E-state index is -0.380. The van der Waals surface area contributed by atoms with Crippen molar-refractivity contribution in [1.29, 1.82) is 0 Å². The van der Waals surface area contributed by atoms with E-state index in [2.05, 4.69) is 4.99 Å². The molecule has 0 rings (SSSR count). The van der Waals surface area contributed by atoms with Crippen LogP contribution in [0.1, 0.15) is 13.8 Å². The fourth-order valence-corrected chi connectivity index (χ4v) is 2.00. The lowest BCUT2D eigenvalue weighted by atomic mass is 10.1. The molecule has 0 spiro atoms. The molecule has 0 heterocycles. The summed E-state index contributed by atoms with van der Waals surface area (Å²) in [6.45, 7) is 3.92. The van der Waals surface area contributed by atoms with Crippen molar-refractivity contribution in [3.05, 3.63) is 0 Å². The average Bonchev–Trinajstić information content (AvgIpc) is 2.18. The number of ether oxygens (including phenoxy) is 1. The SMILES string of the molecule is COC(=O)[C@@H](N=C(SC)SC)C(C)C. The zero-order valence-corrected chi connectivity index (χ0v) is 10.9. The molecule has 0 aliphatic carbocycles. The highest BCUT2D eigenvalue weighted by Gasteiger charge is 2.22. The zero-order chi connectivity index (χ0) is 11.1. The number of rotatable bonds is 3. The topological polar surface area (TPSA) is 38.7 Å². The van der Waals surface area contributed by atoms with Gasteiger partial charge in [0, 0.05) is 0 Å². The first kappa shape index (κ1) is 13.8. The summed E-state index contributed by atoms with van der Waals surface area (Å²) in [7, 11) is 1.39. The van der Waals surface area contributed by atoms with Crippen LogP contribution < -0.4 is 0 Å². The molecular formula is C9H17NO2S2. The van der Waals surface area contributed by atoms with E-state index in [4.69, 9.17) is 4.74 Å². The molecule has 0 aliphatic heterocycles. The van der Waals surface area contributed by atoms with Crippen molar-refractivity contribution < 1.29 is 9.53 Å². The van der Waals surface area contributed by atoms with Gasteiger partial charge in [0.25, 0.3) is 0 Å². The summed E-state index contributed by atoms with van der Waals surface area (Å²) in [4.78, 5) is 15.7. The maximum absolute atomic E-state index is 11.4. The molecule has 0 aromatic carbocycles. The molecule has 5 heteroatoms. The van der Waals surface area contributed by atoms with Crippen molar-refractivity contribution in [1.82, 2.24) is 0 Å². The third-order valence-electron chi connectivity index (χ3n) is 1.67. The molecule has 0 fully saturated rings. The van der Waals surface area contributed by atoms with Crippen LogP contribution in [0.15, 0.2) is 4.99 Å². The number of hydrogen-bond donors (Lipinski definition) is 0. The summed E-state index contributed by atoms with van der Waals surface area (Å²) in [5.41, 5.74) is 0. The molecule has 0 radical (unpaired) electrons. The van der Waals surface area contributed by atoms with Crippen LogP contribution in [0.25, 0.3) is 0 Å². The second kappa shape index (κ2) is 7.17. The van der Waals surface area contributed by atoms with Gasteiger partial charge in [0.1, 0.15) is 4.38 Å². The molecule has 0 aliphatic rings. The number of nitrogens with zero attached hydrogens (tertiary/aromatic N) is 1. The Hall–Kier alpha value is -0.160. The summed E-state index contributed by atoms with van der Waals surface area (Å²) in [5.74, 6) is -0.0997. The van der Waals surface area contributed by atoms with Crippen molar-refractivity contribution in [3.63, 3.8) is 0 Å². The molecule has 3 nitrogen and oxygen atoms in total. The van der Waals surface area contributed by atoms with Crippen LogP contribution in [0, 0.1) is 5.92 Å². The third-order valence-corrected chi connectivity index (χ3v) is 3.58. The van der Waals surface area contributed by atoms with Crippen molar-refractivity contribution in [2.24, 2.45) is 10.9 Å². The van der Waals surface area contributed by atoms with E-state index in [-0.39, 0.29) is 17.9 Å². The molecule has 0 saturated carbocycles. The molecule has 0 aromatic rings. The van der Waals surface area contributed by atoms with Crippen LogP contribution in [0.2, 0.25) is 0 Å². The maximum atomic E-state index is 11.4. The fourth-order valence-electron chi connectivity index (χ4n) is 0.897. The van der Waals surface area contributed by atoms with Gasteiger partial charge in [-0.2, -0.15) is 0 Å². The van der Waals surface area contributed by atoms with Gasteiger partial charge in [0.2, 0.25) is 0 Å². The quantitative estimate of drug-likeness (QED) is 0.427. The fraction of sp³-hybridized carbons (Fsp3) is 0.778. The van der Waals surface area contributed by atoms with E-state index in [9.17, 15) is 4.79 Å².